The Kier molecular flexibility index (Phi) is 6.70. The summed E-state index contributed by atoms with van der Waals surface area (Å²) in [5, 5.41) is 7.27. The molecule has 0 fully saturated rings. The summed E-state index contributed by atoms with van der Waals surface area (Å²) in [6.45, 7) is 0. The summed E-state index contributed by atoms with van der Waals surface area (Å²) >= 11 is 0. The van der Waals surface area contributed by atoms with Crippen molar-refractivity contribution in [2.45, 2.75) is 31.1 Å². The van der Waals surface area contributed by atoms with Gasteiger partial charge >= 0.3 is 278 Å². The van der Waals surface area contributed by atoms with Gasteiger partial charge in [-0.2, -0.15) is 0 Å². The van der Waals surface area contributed by atoms with Crippen molar-refractivity contribution < 1.29 is 9.05 Å². The zero-order chi connectivity index (χ0) is 31.3. The Balaban J connectivity index is 1.23. The molecule has 0 saturated heterocycles. The van der Waals surface area contributed by atoms with Crippen LogP contribution in [0.25, 0.3) is 21.5 Å². The SMILES string of the molecule is c1ccc(CCC(CC(CP23(Oc4cccc5cccc2c45)Oc2cccc4cccc3c24)c2ccccc2)c2ccccc2)cc1. The molecule has 2 unspecified atom stereocenters. The van der Waals surface area contributed by atoms with E-state index in [9.17, 15) is 0 Å². The van der Waals surface area contributed by atoms with Crippen molar-refractivity contribution in [3.05, 3.63) is 180 Å². The summed E-state index contributed by atoms with van der Waals surface area (Å²) in [5.41, 5.74) is 4.12. The Bertz CT molecular complexity index is 2130. The number of hydrogen-bond donors (Lipinski definition) is 0. The van der Waals surface area contributed by atoms with Crippen molar-refractivity contribution in [3.8, 4) is 11.5 Å². The Morgan fingerprint density at radius 3 is 1.45 bits per heavy atom. The number of hydrogen-bond acceptors (Lipinski definition) is 2. The van der Waals surface area contributed by atoms with Crippen molar-refractivity contribution in [2.75, 3.05) is 6.16 Å². The van der Waals surface area contributed by atoms with E-state index in [4.69, 9.17) is 9.05 Å². The minimum absolute atomic E-state index is 0.184. The molecule has 1 spiro atoms. The van der Waals surface area contributed by atoms with Gasteiger partial charge < -0.3 is 0 Å². The van der Waals surface area contributed by atoms with E-state index in [0.717, 1.165) is 36.9 Å². The van der Waals surface area contributed by atoms with Crippen LogP contribution in [0, 0.1) is 0 Å². The monoisotopic (exact) mass is 628 g/mol. The second-order valence-electron chi connectivity index (χ2n) is 13.2. The Morgan fingerprint density at radius 1 is 0.447 bits per heavy atom. The number of benzene rings is 7. The van der Waals surface area contributed by atoms with Crippen LogP contribution in [0.2, 0.25) is 0 Å². The molecule has 0 aliphatic carbocycles. The van der Waals surface area contributed by atoms with Gasteiger partial charge in [-0.3, -0.25) is 0 Å². The Morgan fingerprint density at radius 2 is 0.915 bits per heavy atom. The van der Waals surface area contributed by atoms with Gasteiger partial charge in [-0.05, 0) is 0 Å². The van der Waals surface area contributed by atoms with E-state index in [-0.39, 0.29) is 5.92 Å². The van der Waals surface area contributed by atoms with Gasteiger partial charge in [0.25, 0.3) is 0 Å². The normalized spacial score (nSPS) is 17.1. The van der Waals surface area contributed by atoms with Crippen LogP contribution in [0.4, 0.5) is 0 Å². The Labute approximate surface area is 276 Å². The molecule has 2 aliphatic heterocycles. The second kappa shape index (κ2) is 11.1. The summed E-state index contributed by atoms with van der Waals surface area (Å²) in [4.78, 5) is 0. The van der Waals surface area contributed by atoms with Gasteiger partial charge in [-0.1, -0.05) is 0 Å². The third-order valence-corrected chi connectivity index (χ3v) is 15.5. The number of rotatable bonds is 9. The van der Waals surface area contributed by atoms with Crippen molar-refractivity contribution in [3.63, 3.8) is 0 Å². The van der Waals surface area contributed by atoms with Crippen LogP contribution in [-0.2, 0) is 6.42 Å². The van der Waals surface area contributed by atoms with E-state index in [2.05, 4.69) is 164 Å². The van der Waals surface area contributed by atoms with Gasteiger partial charge in [0, 0.05) is 0 Å². The summed E-state index contributed by atoms with van der Waals surface area (Å²) in [6, 6.07) is 59.5. The molecule has 0 saturated carbocycles. The van der Waals surface area contributed by atoms with Crippen LogP contribution >= 0.6 is 7.06 Å². The predicted molar refractivity (Wildman–Crippen MR) is 198 cm³/mol. The second-order valence-corrected chi connectivity index (χ2v) is 17.2. The maximum absolute atomic E-state index is 7.61. The van der Waals surface area contributed by atoms with E-state index >= 15 is 0 Å². The third kappa shape index (κ3) is 4.50. The van der Waals surface area contributed by atoms with Crippen molar-refractivity contribution in [1.82, 2.24) is 0 Å². The van der Waals surface area contributed by atoms with Crippen LogP contribution in [0.3, 0.4) is 0 Å². The zero-order valence-electron chi connectivity index (χ0n) is 26.3. The fraction of sp³-hybridized carbons (Fsp3) is 0.136. The van der Waals surface area contributed by atoms with Crippen LogP contribution in [-0.4, -0.2) is 6.16 Å². The van der Waals surface area contributed by atoms with Gasteiger partial charge in [0.15, 0.2) is 0 Å². The first kappa shape index (κ1) is 28.3. The molecule has 3 heteroatoms. The average molecular weight is 629 g/mol. The van der Waals surface area contributed by atoms with Crippen molar-refractivity contribution >= 4 is 39.2 Å². The maximum atomic E-state index is 7.61. The molecule has 0 radical (unpaired) electrons. The molecular formula is C44H37O2P. The summed E-state index contributed by atoms with van der Waals surface area (Å²) in [6.07, 6.45) is 3.87. The quantitative estimate of drug-likeness (QED) is 0.148. The third-order valence-electron chi connectivity index (χ3n) is 10.5. The first-order valence-corrected chi connectivity index (χ1v) is 19.1. The van der Waals surface area contributed by atoms with E-state index in [1.165, 1.54) is 48.8 Å². The Hall–Kier alpha value is -4.91. The summed E-state index contributed by atoms with van der Waals surface area (Å²) in [5.74, 6) is 2.43. The zero-order valence-corrected chi connectivity index (χ0v) is 27.2. The molecule has 7 aromatic carbocycles. The van der Waals surface area contributed by atoms with Gasteiger partial charge in [-0.25, -0.2) is 0 Å². The van der Waals surface area contributed by atoms with Crippen molar-refractivity contribution in [1.29, 1.82) is 0 Å². The molecule has 7 aromatic rings. The van der Waals surface area contributed by atoms with Crippen LogP contribution in [0.1, 0.15) is 41.4 Å². The topological polar surface area (TPSA) is 18.5 Å². The molecule has 2 nitrogen and oxygen atoms in total. The minimum atomic E-state index is -3.76. The molecule has 0 amide bonds. The molecule has 0 bridgehead atoms. The van der Waals surface area contributed by atoms with Crippen molar-refractivity contribution in [2.24, 2.45) is 0 Å². The number of aryl methyl sites for hydroxylation is 1. The van der Waals surface area contributed by atoms with E-state index in [0.29, 0.717) is 5.92 Å². The number of fused-ring (bicyclic) bond motifs is 2. The molecule has 0 N–H and O–H groups in total. The van der Waals surface area contributed by atoms with Crippen LogP contribution in [0.15, 0.2) is 164 Å². The predicted octanol–water partition coefficient (Wildman–Crippen LogP) is 10.7. The standard InChI is InChI=1S/C44H37O2P/c1-4-14-32(15-5-1)28-29-37(33-16-6-2-7-17-33)30-38(34-18-8-3-9-19-34)31-47(41-26-12-22-35-20-10-24-39(45-47)43(35)41)42-27-13-23-36-21-11-25-40(46-47)44(36)42/h1-27,37-38H,28-31H2. The van der Waals surface area contributed by atoms with Gasteiger partial charge in [-0.15, -0.1) is 0 Å². The molecular weight excluding hydrogens is 591 g/mol. The van der Waals surface area contributed by atoms with Gasteiger partial charge in [0.05, 0.1) is 0 Å². The summed E-state index contributed by atoms with van der Waals surface area (Å²) < 4.78 is 15.2. The fourth-order valence-corrected chi connectivity index (χ4v) is 14.1. The van der Waals surface area contributed by atoms with Gasteiger partial charge in [0.2, 0.25) is 0 Å². The fourth-order valence-electron chi connectivity index (χ4n) is 8.43. The first-order valence-electron chi connectivity index (χ1n) is 16.8. The molecule has 9 rings (SSSR count). The molecule has 2 heterocycles. The average Bonchev–Trinajstić information content (AvgIpc) is 3.58. The van der Waals surface area contributed by atoms with E-state index in [1.807, 2.05) is 0 Å². The van der Waals surface area contributed by atoms with Gasteiger partial charge in [0.1, 0.15) is 0 Å². The van der Waals surface area contributed by atoms with Crippen LogP contribution in [0.5, 0.6) is 11.5 Å². The first-order chi connectivity index (χ1) is 23.2. The molecule has 230 valence electrons. The molecule has 2 atom stereocenters. The molecule has 47 heavy (non-hydrogen) atoms. The van der Waals surface area contributed by atoms with E-state index < -0.39 is 7.06 Å². The van der Waals surface area contributed by atoms with E-state index in [1.54, 1.807) is 0 Å². The molecule has 0 aromatic heterocycles. The molecule has 2 aliphatic rings. The van der Waals surface area contributed by atoms with Crippen LogP contribution < -0.4 is 19.7 Å². The summed E-state index contributed by atoms with van der Waals surface area (Å²) in [7, 11) is -3.76.